The van der Waals surface area contributed by atoms with Crippen molar-refractivity contribution in [3.63, 3.8) is 0 Å². The molecule has 0 aliphatic carbocycles. The summed E-state index contributed by atoms with van der Waals surface area (Å²) in [5, 5.41) is 23.7. The van der Waals surface area contributed by atoms with Crippen molar-refractivity contribution in [2.24, 2.45) is 0 Å². The first-order valence-corrected chi connectivity index (χ1v) is 9.01. The molecule has 0 bridgehead atoms. The van der Waals surface area contributed by atoms with Crippen LogP contribution in [-0.4, -0.2) is 28.1 Å². The standard InChI is InChI=1S/C22H18F3NO4/c23-22(24,25)17-9-7-15(8-10-17)19(27)20(28)26-18(21(29)30)12-13-5-6-14-3-1-2-4-16(14)11-13/h1-11,18-19,27H,12H2,(H,26,28)(H,29,30)/t18-,19+/m1/s1. The zero-order chi connectivity index (χ0) is 21.9. The summed E-state index contributed by atoms with van der Waals surface area (Å²) in [6.07, 6.45) is -6.36. The predicted octanol–water partition coefficient (Wildman–Crippen LogP) is 3.70. The van der Waals surface area contributed by atoms with Crippen LogP contribution in [0, 0.1) is 0 Å². The van der Waals surface area contributed by atoms with Crippen molar-refractivity contribution >= 4 is 22.6 Å². The molecular weight excluding hydrogens is 399 g/mol. The number of alkyl halides is 3. The highest BCUT2D eigenvalue weighted by molar-refractivity contribution is 5.87. The van der Waals surface area contributed by atoms with Crippen LogP contribution in [0.1, 0.15) is 22.8 Å². The molecule has 3 N–H and O–H groups in total. The molecule has 3 rings (SSSR count). The zero-order valence-corrected chi connectivity index (χ0v) is 15.6. The Labute approximate surface area is 169 Å². The summed E-state index contributed by atoms with van der Waals surface area (Å²) < 4.78 is 37.9. The molecule has 3 aromatic carbocycles. The molecule has 30 heavy (non-hydrogen) atoms. The van der Waals surface area contributed by atoms with Gasteiger partial charge in [-0.15, -0.1) is 0 Å². The summed E-state index contributed by atoms with van der Waals surface area (Å²) in [4.78, 5) is 23.9. The molecule has 0 saturated carbocycles. The van der Waals surface area contributed by atoms with Crippen molar-refractivity contribution < 1.29 is 33.0 Å². The van der Waals surface area contributed by atoms with Crippen molar-refractivity contribution in [3.8, 4) is 0 Å². The van der Waals surface area contributed by atoms with Gasteiger partial charge in [-0.25, -0.2) is 4.79 Å². The monoisotopic (exact) mass is 417 g/mol. The highest BCUT2D eigenvalue weighted by Crippen LogP contribution is 2.30. The molecule has 0 aromatic heterocycles. The van der Waals surface area contributed by atoms with Gasteiger partial charge in [0.15, 0.2) is 6.10 Å². The molecule has 0 unspecified atom stereocenters. The maximum Gasteiger partial charge on any atom is 0.416 e. The topological polar surface area (TPSA) is 86.6 Å². The Bertz CT molecular complexity index is 1060. The highest BCUT2D eigenvalue weighted by atomic mass is 19.4. The first-order valence-electron chi connectivity index (χ1n) is 9.01. The third kappa shape index (κ3) is 4.96. The number of hydrogen-bond acceptors (Lipinski definition) is 3. The number of benzene rings is 3. The SMILES string of the molecule is O=C(N[C@H](Cc1ccc2ccccc2c1)C(=O)O)[C@@H](O)c1ccc(C(F)(F)F)cc1. The van der Waals surface area contributed by atoms with Gasteiger partial charge in [0.25, 0.3) is 5.91 Å². The predicted molar refractivity (Wildman–Crippen MR) is 104 cm³/mol. The summed E-state index contributed by atoms with van der Waals surface area (Å²) in [6, 6.07) is 15.0. The highest BCUT2D eigenvalue weighted by Gasteiger charge is 2.31. The van der Waals surface area contributed by atoms with Crippen molar-refractivity contribution in [1.82, 2.24) is 5.32 Å². The fraction of sp³-hybridized carbons (Fsp3) is 0.182. The molecular formula is C22H18F3NO4. The van der Waals surface area contributed by atoms with Crippen molar-refractivity contribution in [2.75, 3.05) is 0 Å². The number of rotatable bonds is 6. The van der Waals surface area contributed by atoms with Gasteiger partial charge < -0.3 is 15.5 Å². The molecule has 0 aliphatic rings. The minimum Gasteiger partial charge on any atom is -0.480 e. The van der Waals surface area contributed by atoms with Gasteiger partial charge in [0.2, 0.25) is 0 Å². The van der Waals surface area contributed by atoms with E-state index in [4.69, 9.17) is 0 Å². The summed E-state index contributed by atoms with van der Waals surface area (Å²) in [7, 11) is 0. The molecule has 1 amide bonds. The second-order valence-electron chi connectivity index (χ2n) is 6.81. The number of aliphatic carboxylic acids is 1. The Balaban J connectivity index is 1.72. The number of carboxylic acid groups (broad SMARTS) is 1. The second kappa shape index (κ2) is 8.54. The maximum absolute atomic E-state index is 12.6. The quantitative estimate of drug-likeness (QED) is 0.571. The molecule has 0 spiro atoms. The third-order valence-corrected chi connectivity index (χ3v) is 4.67. The van der Waals surface area contributed by atoms with E-state index >= 15 is 0 Å². The fourth-order valence-corrected chi connectivity index (χ4v) is 3.06. The molecule has 0 aliphatic heterocycles. The molecule has 2 atom stereocenters. The van der Waals surface area contributed by atoms with Gasteiger partial charge in [0, 0.05) is 6.42 Å². The van der Waals surface area contributed by atoms with Crippen LogP contribution in [0.3, 0.4) is 0 Å². The minimum atomic E-state index is -4.54. The lowest BCUT2D eigenvalue weighted by Crippen LogP contribution is -2.44. The van der Waals surface area contributed by atoms with E-state index in [0.29, 0.717) is 5.56 Å². The fourth-order valence-electron chi connectivity index (χ4n) is 3.06. The molecule has 0 radical (unpaired) electrons. The van der Waals surface area contributed by atoms with Gasteiger partial charge in [-0.1, -0.05) is 54.6 Å². The Hall–Kier alpha value is -3.39. The first kappa shape index (κ1) is 21.3. The molecule has 8 heteroatoms. The van der Waals surface area contributed by atoms with E-state index in [-0.39, 0.29) is 12.0 Å². The lowest BCUT2D eigenvalue weighted by Gasteiger charge is -2.18. The minimum absolute atomic E-state index is 0.0222. The normalized spacial score (nSPS) is 13.6. The average Bonchev–Trinajstić information content (AvgIpc) is 2.72. The van der Waals surface area contributed by atoms with Crippen molar-refractivity contribution in [3.05, 3.63) is 83.4 Å². The molecule has 0 fully saturated rings. The molecule has 0 heterocycles. The largest absolute Gasteiger partial charge is 0.480 e. The van der Waals surface area contributed by atoms with Crippen LogP contribution in [0.15, 0.2) is 66.7 Å². The Kier molecular flexibility index (Phi) is 6.07. The van der Waals surface area contributed by atoms with E-state index in [1.165, 1.54) is 0 Å². The second-order valence-corrected chi connectivity index (χ2v) is 6.81. The number of fused-ring (bicyclic) bond motifs is 1. The summed E-state index contributed by atoms with van der Waals surface area (Å²) in [6.45, 7) is 0. The van der Waals surface area contributed by atoms with Gasteiger partial charge in [0.1, 0.15) is 6.04 Å². The summed E-state index contributed by atoms with van der Waals surface area (Å²) >= 11 is 0. The van der Waals surface area contributed by atoms with E-state index < -0.39 is 35.8 Å². The average molecular weight is 417 g/mol. The van der Waals surface area contributed by atoms with Crippen molar-refractivity contribution in [1.29, 1.82) is 0 Å². The molecule has 3 aromatic rings. The van der Waals surface area contributed by atoms with Crippen LogP contribution in [0.25, 0.3) is 10.8 Å². The van der Waals surface area contributed by atoms with E-state index in [9.17, 15) is 33.0 Å². The molecule has 5 nitrogen and oxygen atoms in total. The van der Waals surface area contributed by atoms with Gasteiger partial charge in [-0.05, 0) is 34.0 Å². The van der Waals surface area contributed by atoms with Crippen LogP contribution in [0.2, 0.25) is 0 Å². The van der Waals surface area contributed by atoms with E-state index in [0.717, 1.165) is 35.0 Å². The van der Waals surface area contributed by atoms with Crippen LogP contribution in [0.4, 0.5) is 13.2 Å². The number of nitrogens with one attached hydrogen (secondary N) is 1. The molecule has 156 valence electrons. The van der Waals surface area contributed by atoms with Gasteiger partial charge in [-0.2, -0.15) is 13.2 Å². The number of aliphatic hydroxyl groups excluding tert-OH is 1. The Morgan fingerprint density at radius 1 is 0.933 bits per heavy atom. The van der Waals surface area contributed by atoms with E-state index in [2.05, 4.69) is 5.32 Å². The maximum atomic E-state index is 12.6. The van der Waals surface area contributed by atoms with Crippen LogP contribution in [0.5, 0.6) is 0 Å². The Morgan fingerprint density at radius 3 is 2.17 bits per heavy atom. The van der Waals surface area contributed by atoms with E-state index in [1.807, 2.05) is 36.4 Å². The number of aliphatic hydroxyl groups is 1. The third-order valence-electron chi connectivity index (χ3n) is 4.67. The first-order chi connectivity index (χ1) is 14.1. The summed E-state index contributed by atoms with van der Waals surface area (Å²) in [5.74, 6) is -2.31. The van der Waals surface area contributed by atoms with E-state index in [1.54, 1.807) is 6.07 Å². The lowest BCUT2D eigenvalue weighted by molar-refractivity contribution is -0.143. The number of carbonyl (C=O) groups excluding carboxylic acids is 1. The number of carboxylic acids is 1. The van der Waals surface area contributed by atoms with Gasteiger partial charge in [0.05, 0.1) is 5.56 Å². The zero-order valence-electron chi connectivity index (χ0n) is 15.6. The van der Waals surface area contributed by atoms with Gasteiger partial charge in [-0.3, -0.25) is 4.79 Å². The number of amides is 1. The van der Waals surface area contributed by atoms with Crippen LogP contribution in [-0.2, 0) is 22.2 Å². The lowest BCUT2D eigenvalue weighted by atomic mass is 10.0. The van der Waals surface area contributed by atoms with Crippen LogP contribution < -0.4 is 5.32 Å². The number of carbonyl (C=O) groups is 2. The van der Waals surface area contributed by atoms with Crippen molar-refractivity contribution in [2.45, 2.75) is 24.7 Å². The van der Waals surface area contributed by atoms with Crippen LogP contribution >= 0.6 is 0 Å². The Morgan fingerprint density at radius 2 is 1.57 bits per heavy atom. The number of hydrogen-bond donors (Lipinski definition) is 3. The molecule has 0 saturated heterocycles. The summed E-state index contributed by atoms with van der Waals surface area (Å²) in [5.41, 5.74) is -0.320. The number of halogens is 3. The smallest absolute Gasteiger partial charge is 0.416 e. The van der Waals surface area contributed by atoms with Gasteiger partial charge >= 0.3 is 12.1 Å².